The molecule has 136 valence electrons. The Morgan fingerprint density at radius 3 is 2.35 bits per heavy atom. The van der Waals surface area contributed by atoms with Crippen LogP contribution in [-0.2, 0) is 4.79 Å². The molecule has 0 radical (unpaired) electrons. The molecule has 0 aromatic heterocycles. The van der Waals surface area contributed by atoms with Crippen molar-refractivity contribution in [3.05, 3.63) is 59.6 Å². The number of carbonyl (C=O) groups excluding carboxylic acids is 1. The van der Waals surface area contributed by atoms with Crippen LogP contribution in [-0.4, -0.2) is 49.5 Å². The fraction of sp³-hybridized carbons (Fsp3) is 0.263. The molecule has 2 aromatic rings. The van der Waals surface area contributed by atoms with E-state index >= 15 is 0 Å². The quantitative estimate of drug-likeness (QED) is 0.639. The molecule has 0 saturated carbocycles. The lowest BCUT2D eigenvalue weighted by Crippen LogP contribution is -2.51. The maximum absolute atomic E-state index is 12.0. The van der Waals surface area contributed by atoms with Crippen molar-refractivity contribution in [3.63, 3.8) is 0 Å². The fourth-order valence-electron chi connectivity index (χ4n) is 2.82. The Bertz CT molecular complexity index is 755. The Kier molecular flexibility index (Phi) is 5.96. The van der Waals surface area contributed by atoms with Crippen LogP contribution in [0.1, 0.15) is 0 Å². The highest BCUT2D eigenvalue weighted by molar-refractivity contribution is 6.30. The molecule has 7 heteroatoms. The van der Waals surface area contributed by atoms with Gasteiger partial charge in [-0.05, 0) is 36.4 Å². The second kappa shape index (κ2) is 8.58. The molecule has 1 amide bonds. The number of hydrogen-bond acceptors (Lipinski definition) is 3. The number of rotatable bonds is 4. The van der Waals surface area contributed by atoms with Crippen LogP contribution in [0.4, 0.5) is 11.4 Å². The minimum Gasteiger partial charge on any atom is -0.370 e. The van der Waals surface area contributed by atoms with Gasteiger partial charge in [0, 0.05) is 42.6 Å². The number of benzene rings is 2. The third kappa shape index (κ3) is 4.89. The van der Waals surface area contributed by atoms with Crippen LogP contribution in [0.5, 0.6) is 0 Å². The molecule has 0 aliphatic carbocycles. The smallest absolute Gasteiger partial charge is 0.246 e. The molecule has 1 aliphatic rings. The Hall–Kier alpha value is -2.73. The molecule has 1 aliphatic heterocycles. The van der Waals surface area contributed by atoms with E-state index in [1.54, 1.807) is 0 Å². The molecule has 1 fully saturated rings. The lowest BCUT2D eigenvalue weighted by Gasteiger charge is -2.36. The summed E-state index contributed by atoms with van der Waals surface area (Å²) in [6, 6.07) is 17.1. The van der Waals surface area contributed by atoms with Crippen molar-refractivity contribution in [3.8, 4) is 0 Å². The Morgan fingerprint density at radius 2 is 1.69 bits per heavy atom. The number of nitrogens with one attached hydrogen (secondary N) is 1. The molecular formula is C19H22ClN5O. The van der Waals surface area contributed by atoms with Crippen molar-refractivity contribution in [1.82, 2.24) is 4.90 Å². The first-order valence-corrected chi connectivity index (χ1v) is 8.90. The van der Waals surface area contributed by atoms with Gasteiger partial charge in [0.15, 0.2) is 5.96 Å². The van der Waals surface area contributed by atoms with Crippen LogP contribution in [0.15, 0.2) is 59.6 Å². The van der Waals surface area contributed by atoms with Crippen LogP contribution in [0.3, 0.4) is 0 Å². The summed E-state index contributed by atoms with van der Waals surface area (Å²) in [5, 5.41) is 3.53. The van der Waals surface area contributed by atoms with Crippen LogP contribution >= 0.6 is 11.6 Å². The van der Waals surface area contributed by atoms with Gasteiger partial charge in [0.1, 0.15) is 6.54 Å². The monoisotopic (exact) mass is 371 g/mol. The number of piperazine rings is 1. The lowest BCUT2D eigenvalue weighted by atomic mass is 10.2. The Labute approximate surface area is 158 Å². The number of nitrogens with two attached hydrogens (primary N) is 1. The Morgan fingerprint density at radius 1 is 1.04 bits per heavy atom. The van der Waals surface area contributed by atoms with Gasteiger partial charge in [0.25, 0.3) is 0 Å². The van der Waals surface area contributed by atoms with Gasteiger partial charge in [0.2, 0.25) is 5.91 Å². The van der Waals surface area contributed by atoms with Crippen molar-refractivity contribution in [2.45, 2.75) is 0 Å². The van der Waals surface area contributed by atoms with Gasteiger partial charge in [-0.25, -0.2) is 4.99 Å². The number of nitrogens with zero attached hydrogens (tertiary/aromatic N) is 3. The molecule has 0 atom stereocenters. The largest absolute Gasteiger partial charge is 0.370 e. The van der Waals surface area contributed by atoms with E-state index in [1.165, 1.54) is 0 Å². The highest BCUT2D eigenvalue weighted by atomic mass is 35.5. The summed E-state index contributed by atoms with van der Waals surface area (Å²) in [6.45, 7) is 3.22. The van der Waals surface area contributed by atoms with Gasteiger partial charge >= 0.3 is 0 Å². The second-order valence-electron chi connectivity index (χ2n) is 6.04. The number of hydrogen-bond donors (Lipinski definition) is 2. The van der Waals surface area contributed by atoms with E-state index < -0.39 is 0 Å². The van der Waals surface area contributed by atoms with Crippen LogP contribution in [0.25, 0.3) is 0 Å². The molecule has 1 heterocycles. The molecule has 1 saturated heterocycles. The standard InChI is InChI=1S/C19H22ClN5O/c20-15-6-8-17(9-7-15)24-10-12-25(13-11-24)19(21)22-14-18(26)23-16-4-2-1-3-5-16/h1-9H,10-14H2,(H2,21,22)(H,23,26). The molecule has 0 spiro atoms. The van der Waals surface area contributed by atoms with Crippen molar-refractivity contribution in [1.29, 1.82) is 0 Å². The zero-order valence-electron chi connectivity index (χ0n) is 14.4. The van der Waals surface area contributed by atoms with Crippen molar-refractivity contribution in [2.75, 3.05) is 42.9 Å². The first kappa shape index (κ1) is 18.1. The zero-order valence-corrected chi connectivity index (χ0v) is 15.2. The average molecular weight is 372 g/mol. The average Bonchev–Trinajstić information content (AvgIpc) is 2.68. The maximum atomic E-state index is 12.0. The van der Waals surface area contributed by atoms with Gasteiger partial charge in [0.05, 0.1) is 0 Å². The summed E-state index contributed by atoms with van der Waals surface area (Å²) in [6.07, 6.45) is 0. The predicted octanol–water partition coefficient (Wildman–Crippen LogP) is 2.42. The molecule has 3 N–H and O–H groups in total. The zero-order chi connectivity index (χ0) is 18.4. The topological polar surface area (TPSA) is 74.0 Å². The highest BCUT2D eigenvalue weighted by Crippen LogP contribution is 2.19. The molecule has 6 nitrogen and oxygen atoms in total. The van der Waals surface area contributed by atoms with E-state index in [4.69, 9.17) is 17.3 Å². The van der Waals surface area contributed by atoms with E-state index in [-0.39, 0.29) is 12.5 Å². The number of para-hydroxylation sites is 1. The van der Waals surface area contributed by atoms with Crippen molar-refractivity contribution >= 4 is 34.8 Å². The van der Waals surface area contributed by atoms with Gasteiger partial charge < -0.3 is 20.9 Å². The summed E-state index contributed by atoms with van der Waals surface area (Å²) < 4.78 is 0. The lowest BCUT2D eigenvalue weighted by molar-refractivity contribution is -0.114. The normalized spacial score (nSPS) is 15.0. The molecule has 0 unspecified atom stereocenters. The fourth-order valence-corrected chi connectivity index (χ4v) is 2.95. The predicted molar refractivity (Wildman–Crippen MR) is 107 cm³/mol. The molecule has 26 heavy (non-hydrogen) atoms. The number of guanidine groups is 1. The summed E-state index contributed by atoms with van der Waals surface area (Å²) >= 11 is 5.94. The van der Waals surface area contributed by atoms with Gasteiger partial charge in [-0.2, -0.15) is 0 Å². The number of halogens is 1. The van der Waals surface area contributed by atoms with E-state index in [0.29, 0.717) is 5.96 Å². The number of amides is 1. The van der Waals surface area contributed by atoms with E-state index in [9.17, 15) is 4.79 Å². The number of aliphatic imine (C=N–C) groups is 1. The van der Waals surface area contributed by atoms with Gasteiger partial charge in [-0.15, -0.1) is 0 Å². The van der Waals surface area contributed by atoms with Gasteiger partial charge in [-0.3, -0.25) is 4.79 Å². The van der Waals surface area contributed by atoms with Crippen molar-refractivity contribution < 1.29 is 4.79 Å². The molecule has 0 bridgehead atoms. The second-order valence-corrected chi connectivity index (χ2v) is 6.48. The van der Waals surface area contributed by atoms with Crippen LogP contribution in [0, 0.1) is 0 Å². The van der Waals surface area contributed by atoms with E-state index in [2.05, 4.69) is 15.2 Å². The third-order valence-corrected chi connectivity index (χ3v) is 4.49. The first-order valence-electron chi connectivity index (χ1n) is 8.52. The SMILES string of the molecule is NC(=NCC(=O)Nc1ccccc1)N1CCN(c2ccc(Cl)cc2)CC1. The summed E-state index contributed by atoms with van der Waals surface area (Å²) in [4.78, 5) is 20.5. The Balaban J connectivity index is 1.48. The summed E-state index contributed by atoms with van der Waals surface area (Å²) in [7, 11) is 0. The van der Waals surface area contributed by atoms with Crippen LogP contribution in [0.2, 0.25) is 5.02 Å². The summed E-state index contributed by atoms with van der Waals surface area (Å²) in [5.74, 6) is 0.225. The summed E-state index contributed by atoms with van der Waals surface area (Å²) in [5.41, 5.74) is 7.95. The van der Waals surface area contributed by atoms with Crippen LogP contribution < -0.4 is 16.0 Å². The minimum absolute atomic E-state index is 0.0120. The molecule has 3 rings (SSSR count). The molecular weight excluding hydrogens is 350 g/mol. The first-order chi connectivity index (χ1) is 12.6. The highest BCUT2D eigenvalue weighted by Gasteiger charge is 2.18. The van der Waals surface area contributed by atoms with Crippen molar-refractivity contribution in [2.24, 2.45) is 10.7 Å². The van der Waals surface area contributed by atoms with Gasteiger partial charge in [-0.1, -0.05) is 29.8 Å². The maximum Gasteiger partial charge on any atom is 0.246 e. The number of anilines is 2. The molecule has 2 aromatic carbocycles. The van der Waals surface area contributed by atoms with E-state index in [0.717, 1.165) is 42.6 Å². The number of carbonyl (C=O) groups is 1. The minimum atomic E-state index is -0.182. The van der Waals surface area contributed by atoms with E-state index in [1.807, 2.05) is 59.5 Å². The third-order valence-electron chi connectivity index (χ3n) is 4.24.